The zero-order valence-corrected chi connectivity index (χ0v) is 8.09. The number of rotatable bonds is 2. The van der Waals surface area contributed by atoms with Gasteiger partial charge < -0.3 is 0 Å². The molecule has 1 aromatic carbocycles. The second-order valence-electron chi connectivity index (χ2n) is 3.47. The maximum Gasteiger partial charge on any atom is 0.275 e. The van der Waals surface area contributed by atoms with Gasteiger partial charge in [0, 0.05) is 11.5 Å². The van der Waals surface area contributed by atoms with Crippen LogP contribution < -0.4 is 0 Å². The van der Waals surface area contributed by atoms with E-state index in [0.29, 0.717) is 5.56 Å². The monoisotopic (exact) mass is 195 g/mol. The lowest BCUT2D eigenvalue weighted by Gasteiger charge is -2.20. The van der Waals surface area contributed by atoms with Gasteiger partial charge >= 0.3 is 0 Å². The van der Waals surface area contributed by atoms with Gasteiger partial charge in [-0.25, -0.2) is 8.78 Å². The van der Waals surface area contributed by atoms with Crippen molar-refractivity contribution in [2.45, 2.75) is 19.8 Å². The standard InChI is InChI=1S/C11H11F2N/c1-8(2)11(12,13)10-5-3-9(7-14)4-6-10/h3-6,8H,1-2H3. The molecule has 0 unspecified atom stereocenters. The first-order valence-corrected chi connectivity index (χ1v) is 4.37. The molecule has 74 valence electrons. The third-order valence-corrected chi connectivity index (χ3v) is 2.12. The highest BCUT2D eigenvalue weighted by Crippen LogP contribution is 2.35. The van der Waals surface area contributed by atoms with E-state index in [9.17, 15) is 8.78 Å². The Morgan fingerprint density at radius 3 is 2.07 bits per heavy atom. The van der Waals surface area contributed by atoms with Crippen molar-refractivity contribution < 1.29 is 8.78 Å². The van der Waals surface area contributed by atoms with Crippen molar-refractivity contribution >= 4 is 0 Å². The smallest absolute Gasteiger partial charge is 0.201 e. The van der Waals surface area contributed by atoms with Crippen LogP contribution in [0.2, 0.25) is 0 Å². The summed E-state index contributed by atoms with van der Waals surface area (Å²) in [5.41, 5.74) is 0.361. The minimum Gasteiger partial charge on any atom is -0.201 e. The van der Waals surface area contributed by atoms with Gasteiger partial charge in [-0.3, -0.25) is 0 Å². The molecule has 0 aliphatic heterocycles. The van der Waals surface area contributed by atoms with Crippen LogP contribution in [0.15, 0.2) is 24.3 Å². The number of hydrogen-bond acceptors (Lipinski definition) is 1. The molecule has 0 N–H and O–H groups in total. The first kappa shape index (κ1) is 10.6. The normalized spacial score (nSPS) is 11.4. The zero-order valence-electron chi connectivity index (χ0n) is 8.09. The highest BCUT2D eigenvalue weighted by molar-refractivity contribution is 5.33. The quantitative estimate of drug-likeness (QED) is 0.710. The lowest BCUT2D eigenvalue weighted by Crippen LogP contribution is -2.20. The van der Waals surface area contributed by atoms with Crippen molar-refractivity contribution in [2.24, 2.45) is 5.92 Å². The molecule has 0 atom stereocenters. The van der Waals surface area contributed by atoms with Gasteiger partial charge in [-0.05, 0) is 12.1 Å². The second kappa shape index (κ2) is 3.75. The molecule has 0 bridgehead atoms. The lowest BCUT2D eigenvalue weighted by molar-refractivity contribution is -0.0513. The van der Waals surface area contributed by atoms with Crippen LogP contribution >= 0.6 is 0 Å². The van der Waals surface area contributed by atoms with Crippen molar-refractivity contribution in [2.75, 3.05) is 0 Å². The number of benzene rings is 1. The number of nitriles is 1. The maximum absolute atomic E-state index is 13.4. The molecule has 0 aliphatic carbocycles. The van der Waals surface area contributed by atoms with Crippen LogP contribution in [0.25, 0.3) is 0 Å². The predicted molar refractivity (Wildman–Crippen MR) is 49.9 cm³/mol. The van der Waals surface area contributed by atoms with E-state index in [4.69, 9.17) is 5.26 Å². The number of nitrogens with zero attached hydrogens (tertiary/aromatic N) is 1. The van der Waals surface area contributed by atoms with Crippen molar-refractivity contribution in [3.8, 4) is 6.07 Å². The Bertz CT molecular complexity index is 347. The van der Waals surface area contributed by atoms with Gasteiger partial charge in [0.2, 0.25) is 0 Å². The molecule has 0 fully saturated rings. The molecule has 0 saturated carbocycles. The number of alkyl halides is 2. The fourth-order valence-corrected chi connectivity index (χ4v) is 1.10. The van der Waals surface area contributed by atoms with Gasteiger partial charge in [0.15, 0.2) is 0 Å². The fourth-order valence-electron chi connectivity index (χ4n) is 1.10. The minimum atomic E-state index is -2.83. The highest BCUT2D eigenvalue weighted by atomic mass is 19.3. The SMILES string of the molecule is CC(C)C(F)(F)c1ccc(C#N)cc1. The molecule has 0 heterocycles. The van der Waals surface area contributed by atoms with Gasteiger partial charge in [-0.2, -0.15) is 5.26 Å². The summed E-state index contributed by atoms with van der Waals surface area (Å²) in [6.45, 7) is 2.94. The Balaban J connectivity index is 3.04. The Kier molecular flexibility index (Phi) is 2.85. The summed E-state index contributed by atoms with van der Waals surface area (Å²) in [7, 11) is 0. The Labute approximate surface area is 82.0 Å². The Morgan fingerprint density at radius 1 is 1.21 bits per heavy atom. The zero-order chi connectivity index (χ0) is 10.8. The molecule has 0 amide bonds. The topological polar surface area (TPSA) is 23.8 Å². The third kappa shape index (κ3) is 1.90. The van der Waals surface area contributed by atoms with E-state index in [2.05, 4.69) is 0 Å². The molecule has 0 radical (unpaired) electrons. The van der Waals surface area contributed by atoms with Gasteiger partial charge in [0.05, 0.1) is 11.6 Å². The molecular formula is C11H11F2N. The summed E-state index contributed by atoms with van der Waals surface area (Å²) < 4.78 is 26.9. The van der Waals surface area contributed by atoms with E-state index in [-0.39, 0.29) is 5.56 Å². The van der Waals surface area contributed by atoms with E-state index in [1.807, 2.05) is 6.07 Å². The van der Waals surface area contributed by atoms with Crippen LogP contribution in [-0.2, 0) is 5.92 Å². The highest BCUT2D eigenvalue weighted by Gasteiger charge is 2.35. The average molecular weight is 195 g/mol. The largest absolute Gasteiger partial charge is 0.275 e. The van der Waals surface area contributed by atoms with E-state index < -0.39 is 11.8 Å². The molecule has 1 rings (SSSR count). The summed E-state index contributed by atoms with van der Waals surface area (Å²) in [4.78, 5) is 0. The molecular weight excluding hydrogens is 184 g/mol. The molecule has 0 aromatic heterocycles. The fraction of sp³-hybridized carbons (Fsp3) is 0.364. The van der Waals surface area contributed by atoms with Gasteiger partial charge in [0.1, 0.15) is 0 Å². The van der Waals surface area contributed by atoms with Gasteiger partial charge in [0.25, 0.3) is 5.92 Å². The van der Waals surface area contributed by atoms with Crippen LogP contribution in [0.1, 0.15) is 25.0 Å². The van der Waals surface area contributed by atoms with E-state index in [1.54, 1.807) is 0 Å². The van der Waals surface area contributed by atoms with E-state index in [0.717, 1.165) is 0 Å². The summed E-state index contributed by atoms with van der Waals surface area (Å²) in [5.74, 6) is -3.57. The predicted octanol–water partition coefficient (Wildman–Crippen LogP) is 3.31. The van der Waals surface area contributed by atoms with Crippen LogP contribution in [-0.4, -0.2) is 0 Å². The van der Waals surface area contributed by atoms with Crippen molar-refractivity contribution in [1.82, 2.24) is 0 Å². The Morgan fingerprint density at radius 2 is 1.71 bits per heavy atom. The number of hydrogen-bond donors (Lipinski definition) is 0. The molecule has 3 heteroatoms. The van der Waals surface area contributed by atoms with Gasteiger partial charge in [-0.15, -0.1) is 0 Å². The van der Waals surface area contributed by atoms with E-state index >= 15 is 0 Å². The first-order chi connectivity index (χ1) is 6.48. The van der Waals surface area contributed by atoms with Crippen LogP contribution in [0.4, 0.5) is 8.78 Å². The van der Waals surface area contributed by atoms with Crippen molar-refractivity contribution in [3.63, 3.8) is 0 Å². The van der Waals surface area contributed by atoms with E-state index in [1.165, 1.54) is 38.1 Å². The van der Waals surface area contributed by atoms with Crippen LogP contribution in [0.5, 0.6) is 0 Å². The summed E-state index contributed by atoms with van der Waals surface area (Å²) in [6, 6.07) is 7.31. The lowest BCUT2D eigenvalue weighted by atomic mass is 9.97. The minimum absolute atomic E-state index is 0.0356. The van der Waals surface area contributed by atoms with Crippen molar-refractivity contribution in [3.05, 3.63) is 35.4 Å². The molecule has 14 heavy (non-hydrogen) atoms. The average Bonchev–Trinajstić information content (AvgIpc) is 2.17. The van der Waals surface area contributed by atoms with Crippen LogP contribution in [0, 0.1) is 17.2 Å². The molecule has 0 spiro atoms. The third-order valence-electron chi connectivity index (χ3n) is 2.12. The molecule has 1 nitrogen and oxygen atoms in total. The maximum atomic E-state index is 13.4. The summed E-state index contributed by atoms with van der Waals surface area (Å²) in [5, 5.41) is 8.50. The summed E-state index contributed by atoms with van der Waals surface area (Å²) in [6.07, 6.45) is 0. The van der Waals surface area contributed by atoms with Crippen LogP contribution in [0.3, 0.4) is 0 Å². The first-order valence-electron chi connectivity index (χ1n) is 4.37. The van der Waals surface area contributed by atoms with Gasteiger partial charge in [-0.1, -0.05) is 26.0 Å². The summed E-state index contributed by atoms with van der Waals surface area (Å²) >= 11 is 0. The number of halogens is 2. The second-order valence-corrected chi connectivity index (χ2v) is 3.47. The molecule has 1 aromatic rings. The van der Waals surface area contributed by atoms with Crippen molar-refractivity contribution in [1.29, 1.82) is 5.26 Å². The molecule has 0 saturated heterocycles. The Hall–Kier alpha value is -1.43. The molecule has 0 aliphatic rings.